The van der Waals surface area contributed by atoms with Crippen molar-refractivity contribution in [1.29, 1.82) is 0 Å². The summed E-state index contributed by atoms with van der Waals surface area (Å²) in [6.45, 7) is 15.1. The summed E-state index contributed by atoms with van der Waals surface area (Å²) in [5, 5.41) is 0.0750. The highest BCUT2D eigenvalue weighted by Crippen LogP contribution is 2.54. The molecule has 0 saturated heterocycles. The van der Waals surface area contributed by atoms with E-state index >= 15 is 0 Å². The molecule has 2 aliphatic rings. The smallest absolute Gasteiger partial charge is 0.313 e. The van der Waals surface area contributed by atoms with Gasteiger partial charge < -0.3 is 9.16 Å². The highest BCUT2D eigenvalue weighted by Gasteiger charge is 2.60. The minimum absolute atomic E-state index is 0.0352. The Morgan fingerprint density at radius 2 is 2.00 bits per heavy atom. The Bertz CT molecular complexity index is 558. The van der Waals surface area contributed by atoms with Gasteiger partial charge in [-0.25, -0.2) is 0 Å². The van der Waals surface area contributed by atoms with Gasteiger partial charge in [-0.1, -0.05) is 26.3 Å². The normalized spacial score (nSPS) is 30.8. The molecule has 0 bridgehead atoms. The largest absolute Gasteiger partial charge is 0.466 e. The van der Waals surface area contributed by atoms with Gasteiger partial charge in [0.1, 0.15) is 0 Å². The van der Waals surface area contributed by atoms with Crippen LogP contribution in [0.5, 0.6) is 0 Å². The molecule has 24 heavy (non-hydrogen) atoms. The monoisotopic (exact) mass is 352 g/mol. The highest BCUT2D eigenvalue weighted by atomic mass is 28.4. The van der Waals surface area contributed by atoms with Gasteiger partial charge in [0.25, 0.3) is 0 Å². The highest BCUT2D eigenvalue weighted by molar-refractivity contribution is 6.74. The zero-order valence-electron chi connectivity index (χ0n) is 16.2. The minimum atomic E-state index is -2.00. The van der Waals surface area contributed by atoms with Gasteiger partial charge >= 0.3 is 5.97 Å². The molecule has 0 aromatic heterocycles. The van der Waals surface area contributed by atoms with Crippen LogP contribution in [0.2, 0.25) is 18.1 Å². The maximum absolute atomic E-state index is 12.8. The van der Waals surface area contributed by atoms with Gasteiger partial charge in [-0.05, 0) is 57.3 Å². The second-order valence-electron chi connectivity index (χ2n) is 8.88. The lowest BCUT2D eigenvalue weighted by molar-refractivity contribution is -0.161. The third kappa shape index (κ3) is 3.25. The Morgan fingerprint density at radius 3 is 2.54 bits per heavy atom. The number of ketones is 1. The van der Waals surface area contributed by atoms with Crippen molar-refractivity contribution in [1.82, 2.24) is 0 Å². The number of rotatable bonds is 4. The third-order valence-electron chi connectivity index (χ3n) is 6.07. The second-order valence-corrected chi connectivity index (χ2v) is 13.6. The average Bonchev–Trinajstić information content (AvgIpc) is 2.77. The van der Waals surface area contributed by atoms with Crippen LogP contribution in [0.15, 0.2) is 11.6 Å². The lowest BCUT2D eigenvalue weighted by Crippen LogP contribution is -2.50. The van der Waals surface area contributed by atoms with Crippen LogP contribution in [0.1, 0.15) is 53.9 Å². The van der Waals surface area contributed by atoms with Crippen molar-refractivity contribution in [2.24, 2.45) is 11.3 Å². The number of allylic oxidation sites excluding steroid dienone is 2. The summed E-state index contributed by atoms with van der Waals surface area (Å²) >= 11 is 0. The van der Waals surface area contributed by atoms with Crippen molar-refractivity contribution >= 4 is 20.1 Å². The standard InChI is InChI=1S/C19H32O4Si/c1-8-22-17(21)19-10-9-15(23-24(6,7)18(3,4)5)16(19)14(20)11-13(2)12-19/h11,15-16H,8-10,12H2,1-7H3/t15-,16+,19-/m1/s1. The number of carbonyl (C=O) groups excluding carboxylic acids is 2. The topological polar surface area (TPSA) is 52.6 Å². The zero-order valence-corrected chi connectivity index (χ0v) is 17.2. The summed E-state index contributed by atoms with van der Waals surface area (Å²) in [6.07, 6.45) is 3.57. The van der Waals surface area contributed by atoms with Crippen LogP contribution < -0.4 is 0 Å². The fourth-order valence-electron chi connectivity index (χ4n) is 3.87. The van der Waals surface area contributed by atoms with Crippen molar-refractivity contribution in [3.05, 3.63) is 11.6 Å². The van der Waals surface area contributed by atoms with E-state index in [0.717, 1.165) is 12.0 Å². The molecule has 1 saturated carbocycles. The van der Waals surface area contributed by atoms with E-state index in [2.05, 4.69) is 33.9 Å². The van der Waals surface area contributed by atoms with Gasteiger partial charge in [0.15, 0.2) is 14.1 Å². The van der Waals surface area contributed by atoms with Crippen LogP contribution in [0, 0.1) is 11.3 Å². The number of hydrogen-bond acceptors (Lipinski definition) is 4. The molecule has 0 heterocycles. The fourth-order valence-corrected chi connectivity index (χ4v) is 5.24. The van der Waals surface area contributed by atoms with E-state index in [9.17, 15) is 9.59 Å². The summed E-state index contributed by atoms with van der Waals surface area (Å²) in [7, 11) is -2.00. The second kappa shape index (κ2) is 6.41. The molecule has 4 nitrogen and oxygen atoms in total. The van der Waals surface area contributed by atoms with Crippen molar-refractivity contribution in [2.75, 3.05) is 6.61 Å². The van der Waals surface area contributed by atoms with Gasteiger partial charge in [0.2, 0.25) is 0 Å². The van der Waals surface area contributed by atoms with Gasteiger partial charge in [-0.2, -0.15) is 0 Å². The summed E-state index contributed by atoms with van der Waals surface area (Å²) in [4.78, 5) is 25.6. The van der Waals surface area contributed by atoms with E-state index in [1.807, 2.05) is 13.8 Å². The Hall–Kier alpha value is -0.943. The number of ether oxygens (including phenoxy) is 1. The van der Waals surface area contributed by atoms with Crippen LogP contribution in [-0.4, -0.2) is 32.8 Å². The molecule has 0 radical (unpaired) electrons. The quantitative estimate of drug-likeness (QED) is 0.560. The summed E-state index contributed by atoms with van der Waals surface area (Å²) in [6, 6.07) is 0. The molecule has 136 valence electrons. The van der Waals surface area contributed by atoms with Crippen LogP contribution in [0.25, 0.3) is 0 Å². The van der Waals surface area contributed by atoms with E-state index in [4.69, 9.17) is 9.16 Å². The summed E-state index contributed by atoms with van der Waals surface area (Å²) < 4.78 is 11.9. The first kappa shape index (κ1) is 19.4. The molecular formula is C19H32O4Si. The van der Waals surface area contributed by atoms with Crippen LogP contribution in [0.3, 0.4) is 0 Å². The number of esters is 1. The van der Waals surface area contributed by atoms with Crippen LogP contribution in [0.4, 0.5) is 0 Å². The molecule has 5 heteroatoms. The predicted molar refractivity (Wildman–Crippen MR) is 97.2 cm³/mol. The van der Waals surface area contributed by atoms with Gasteiger partial charge in [-0.3, -0.25) is 9.59 Å². The first-order valence-electron chi connectivity index (χ1n) is 9.00. The Kier molecular flexibility index (Phi) is 5.18. The fraction of sp³-hybridized carbons (Fsp3) is 0.789. The molecule has 2 aliphatic carbocycles. The van der Waals surface area contributed by atoms with Gasteiger partial charge in [0, 0.05) is 0 Å². The van der Waals surface area contributed by atoms with Crippen molar-refractivity contribution in [2.45, 2.75) is 78.1 Å². The van der Waals surface area contributed by atoms with Gasteiger partial charge in [-0.15, -0.1) is 0 Å². The molecule has 0 spiro atoms. The Labute approximate surface area is 147 Å². The number of fused-ring (bicyclic) bond motifs is 1. The number of hydrogen-bond donors (Lipinski definition) is 0. The molecule has 3 atom stereocenters. The van der Waals surface area contributed by atoms with E-state index in [-0.39, 0.29) is 22.9 Å². The Morgan fingerprint density at radius 1 is 1.38 bits per heavy atom. The van der Waals surface area contributed by atoms with Gasteiger partial charge in [0.05, 0.1) is 24.0 Å². The molecule has 2 rings (SSSR count). The first-order chi connectivity index (χ1) is 10.9. The van der Waals surface area contributed by atoms with Crippen molar-refractivity contribution < 1.29 is 18.8 Å². The molecule has 0 amide bonds. The van der Waals surface area contributed by atoms with E-state index in [0.29, 0.717) is 19.4 Å². The SMILES string of the molecule is CCOC(=O)[C@@]12CC[C@@H](O[Si](C)(C)C(C)(C)C)[C@@H]1C(=O)C=C(C)C2. The minimum Gasteiger partial charge on any atom is -0.466 e. The van der Waals surface area contributed by atoms with E-state index < -0.39 is 19.7 Å². The third-order valence-corrected chi connectivity index (χ3v) is 10.6. The summed E-state index contributed by atoms with van der Waals surface area (Å²) in [5.41, 5.74) is 0.246. The molecular weight excluding hydrogens is 320 g/mol. The molecule has 0 N–H and O–H groups in total. The molecule has 1 fully saturated rings. The molecule has 0 aromatic carbocycles. The lowest BCUT2D eigenvalue weighted by atomic mass is 9.67. The number of carbonyl (C=O) groups is 2. The molecule has 0 aliphatic heterocycles. The van der Waals surface area contributed by atoms with E-state index in [1.165, 1.54) is 0 Å². The van der Waals surface area contributed by atoms with Crippen LogP contribution >= 0.6 is 0 Å². The maximum Gasteiger partial charge on any atom is 0.313 e. The predicted octanol–water partition coefficient (Wildman–Crippen LogP) is 4.26. The molecule has 0 aromatic rings. The van der Waals surface area contributed by atoms with Crippen molar-refractivity contribution in [3.63, 3.8) is 0 Å². The Balaban J connectivity index is 2.36. The first-order valence-corrected chi connectivity index (χ1v) is 11.9. The average molecular weight is 353 g/mol. The maximum atomic E-state index is 12.8. The zero-order chi connectivity index (χ0) is 18.3. The van der Waals surface area contributed by atoms with Crippen molar-refractivity contribution in [3.8, 4) is 0 Å². The van der Waals surface area contributed by atoms with E-state index in [1.54, 1.807) is 6.08 Å². The van der Waals surface area contributed by atoms with Crippen LogP contribution in [-0.2, 0) is 18.8 Å². The summed E-state index contributed by atoms with van der Waals surface area (Å²) in [5.74, 6) is -0.584. The molecule has 0 unspecified atom stereocenters. The lowest BCUT2D eigenvalue weighted by Gasteiger charge is -2.42.